The number of benzene rings is 10. The highest BCUT2D eigenvalue weighted by atomic mass is 15.0. The highest BCUT2D eigenvalue weighted by Crippen LogP contribution is 2.54. The van der Waals surface area contributed by atoms with Crippen molar-refractivity contribution in [1.82, 2.24) is 19.1 Å². The third kappa shape index (κ3) is 6.02. The maximum absolute atomic E-state index is 5.53. The molecule has 0 amide bonds. The molecule has 0 spiro atoms. The van der Waals surface area contributed by atoms with Gasteiger partial charge in [-0.3, -0.25) is 0 Å². The lowest BCUT2D eigenvalue weighted by molar-refractivity contribution is 0.661. The first kappa shape index (κ1) is 39.3. The summed E-state index contributed by atoms with van der Waals surface area (Å²) in [6, 6.07) is 83.7. The first-order valence-corrected chi connectivity index (χ1v) is 23.8. The second-order valence-electron chi connectivity index (χ2n) is 19.0. The molecule has 3 heterocycles. The van der Waals surface area contributed by atoms with E-state index in [1.807, 2.05) is 0 Å². The summed E-state index contributed by atoms with van der Waals surface area (Å²) in [5.41, 5.74) is 20.4. The molecule has 4 nitrogen and oxygen atoms in total. The van der Waals surface area contributed by atoms with Gasteiger partial charge in [-0.1, -0.05) is 159 Å². The Morgan fingerprint density at radius 2 is 0.812 bits per heavy atom. The summed E-state index contributed by atoms with van der Waals surface area (Å²) in [5, 5.41) is 5.98. The Bertz CT molecular complexity index is 4200. The Morgan fingerprint density at radius 1 is 0.333 bits per heavy atom. The zero-order valence-electron chi connectivity index (χ0n) is 38.2. The molecule has 324 valence electrons. The van der Waals surface area contributed by atoms with Crippen LogP contribution in [0.1, 0.15) is 25.0 Å². The number of aromatic nitrogens is 4. The largest absolute Gasteiger partial charge is 0.309 e. The van der Waals surface area contributed by atoms with Gasteiger partial charge in [-0.2, -0.15) is 0 Å². The van der Waals surface area contributed by atoms with Crippen molar-refractivity contribution in [3.8, 4) is 67.4 Å². The molecular weight excluding hydrogens is 837 g/mol. The third-order valence-corrected chi connectivity index (χ3v) is 14.7. The van der Waals surface area contributed by atoms with Crippen LogP contribution in [-0.2, 0) is 5.41 Å². The van der Waals surface area contributed by atoms with Gasteiger partial charge in [0.15, 0.2) is 5.82 Å². The molecule has 0 saturated heterocycles. The van der Waals surface area contributed by atoms with E-state index in [4.69, 9.17) is 9.97 Å². The van der Waals surface area contributed by atoms with E-state index in [1.54, 1.807) is 0 Å². The molecule has 0 fully saturated rings. The monoisotopic (exact) mass is 880 g/mol. The van der Waals surface area contributed by atoms with Gasteiger partial charge in [0.1, 0.15) is 0 Å². The van der Waals surface area contributed by atoms with Crippen molar-refractivity contribution < 1.29 is 0 Å². The lowest BCUT2D eigenvalue weighted by Gasteiger charge is -2.23. The Morgan fingerprint density at radius 3 is 1.43 bits per heavy atom. The molecule has 1 aliphatic rings. The zero-order chi connectivity index (χ0) is 45.8. The van der Waals surface area contributed by atoms with Crippen molar-refractivity contribution in [3.05, 3.63) is 242 Å². The Hall–Kier alpha value is -8.86. The molecule has 4 heteroatoms. The number of hydrogen-bond donors (Lipinski definition) is 0. The molecule has 3 aromatic heterocycles. The molecule has 0 N–H and O–H groups in total. The first-order chi connectivity index (χ1) is 34.0. The van der Waals surface area contributed by atoms with E-state index in [9.17, 15) is 0 Å². The average Bonchev–Trinajstić information content (AvgIpc) is 4.00. The van der Waals surface area contributed by atoms with Gasteiger partial charge in [-0.25, -0.2) is 9.97 Å². The minimum atomic E-state index is -0.342. The summed E-state index contributed by atoms with van der Waals surface area (Å²) < 4.78 is 4.76. The summed E-state index contributed by atoms with van der Waals surface area (Å²) in [6.07, 6.45) is 0. The Balaban J connectivity index is 0.981. The lowest BCUT2D eigenvalue weighted by Crippen LogP contribution is -2.15. The SMILES string of the molecule is CC1(C)c2cc(-c3ccc4c(c3)c3ccccc3n4-c3ccccc3)ccc2-c2c(-c3nc(-c4ccccc4)c4ccccc4n3)cc(-c3ccc4c(c3)c3ccccc3n4-c3ccccc3)cc21. The topological polar surface area (TPSA) is 35.6 Å². The molecule has 13 aromatic rings. The van der Waals surface area contributed by atoms with E-state index >= 15 is 0 Å². The van der Waals surface area contributed by atoms with Gasteiger partial charge in [-0.05, 0) is 129 Å². The van der Waals surface area contributed by atoms with Gasteiger partial charge in [0.25, 0.3) is 0 Å². The quantitative estimate of drug-likeness (QED) is 0.167. The van der Waals surface area contributed by atoms with E-state index in [0.717, 1.165) is 56.0 Å². The van der Waals surface area contributed by atoms with Crippen LogP contribution in [0.3, 0.4) is 0 Å². The summed E-state index contributed by atoms with van der Waals surface area (Å²) in [4.78, 5) is 10.9. The van der Waals surface area contributed by atoms with Crippen LogP contribution in [0.2, 0.25) is 0 Å². The summed E-state index contributed by atoms with van der Waals surface area (Å²) >= 11 is 0. The molecule has 0 bridgehead atoms. The van der Waals surface area contributed by atoms with Crippen molar-refractivity contribution in [2.75, 3.05) is 0 Å². The Kier molecular flexibility index (Phi) is 8.59. The normalized spacial score (nSPS) is 12.9. The zero-order valence-corrected chi connectivity index (χ0v) is 38.2. The van der Waals surface area contributed by atoms with Crippen molar-refractivity contribution in [2.24, 2.45) is 0 Å². The predicted octanol–water partition coefficient (Wildman–Crippen LogP) is 16.8. The van der Waals surface area contributed by atoms with Gasteiger partial charge in [-0.15, -0.1) is 0 Å². The molecule has 0 saturated carbocycles. The molecule has 69 heavy (non-hydrogen) atoms. The molecule has 0 atom stereocenters. The summed E-state index contributed by atoms with van der Waals surface area (Å²) in [7, 11) is 0. The van der Waals surface area contributed by atoms with E-state index in [1.165, 1.54) is 77.0 Å². The second-order valence-corrected chi connectivity index (χ2v) is 19.0. The number of rotatable bonds is 6. The highest BCUT2D eigenvalue weighted by Gasteiger charge is 2.38. The molecule has 14 rings (SSSR count). The molecule has 0 radical (unpaired) electrons. The van der Waals surface area contributed by atoms with E-state index < -0.39 is 0 Å². The Labute approximate surface area is 400 Å². The van der Waals surface area contributed by atoms with Crippen molar-refractivity contribution in [2.45, 2.75) is 19.3 Å². The summed E-state index contributed by atoms with van der Waals surface area (Å²) in [6.45, 7) is 4.78. The van der Waals surface area contributed by atoms with Crippen LogP contribution >= 0.6 is 0 Å². The lowest BCUT2D eigenvalue weighted by atomic mass is 9.80. The van der Waals surface area contributed by atoms with E-state index in [-0.39, 0.29) is 5.41 Å². The van der Waals surface area contributed by atoms with Crippen LogP contribution in [-0.4, -0.2) is 19.1 Å². The van der Waals surface area contributed by atoms with E-state index in [0.29, 0.717) is 0 Å². The van der Waals surface area contributed by atoms with Gasteiger partial charge in [0.2, 0.25) is 0 Å². The number of nitrogens with zero attached hydrogens (tertiary/aromatic N) is 4. The molecule has 0 unspecified atom stereocenters. The van der Waals surface area contributed by atoms with Gasteiger partial charge in [0, 0.05) is 54.8 Å². The minimum Gasteiger partial charge on any atom is -0.309 e. The van der Waals surface area contributed by atoms with Crippen LogP contribution in [0.5, 0.6) is 0 Å². The van der Waals surface area contributed by atoms with Gasteiger partial charge >= 0.3 is 0 Å². The first-order valence-electron chi connectivity index (χ1n) is 23.8. The van der Waals surface area contributed by atoms with Crippen molar-refractivity contribution in [1.29, 1.82) is 0 Å². The fourth-order valence-corrected chi connectivity index (χ4v) is 11.4. The third-order valence-electron chi connectivity index (χ3n) is 14.7. The number of para-hydroxylation sites is 5. The molecule has 10 aromatic carbocycles. The van der Waals surface area contributed by atoms with Crippen molar-refractivity contribution in [3.63, 3.8) is 0 Å². The van der Waals surface area contributed by atoms with E-state index in [2.05, 4.69) is 254 Å². The average molecular weight is 881 g/mol. The van der Waals surface area contributed by atoms with Crippen LogP contribution in [0.15, 0.2) is 231 Å². The van der Waals surface area contributed by atoms with Gasteiger partial charge in [0.05, 0.1) is 33.3 Å². The smallest absolute Gasteiger partial charge is 0.161 e. The van der Waals surface area contributed by atoms with Gasteiger partial charge < -0.3 is 9.13 Å². The van der Waals surface area contributed by atoms with Crippen LogP contribution in [0.25, 0.3) is 122 Å². The highest BCUT2D eigenvalue weighted by molar-refractivity contribution is 6.12. The summed E-state index contributed by atoms with van der Waals surface area (Å²) in [5.74, 6) is 0.723. The number of fused-ring (bicyclic) bond motifs is 10. The number of hydrogen-bond acceptors (Lipinski definition) is 2. The molecule has 0 aliphatic heterocycles. The molecule has 1 aliphatic carbocycles. The minimum absolute atomic E-state index is 0.342. The standard InChI is InChI=1S/C65H44N4/c1-65(2)55-39-44(42-31-34-60-52(36-42)48-24-13-16-28-58(48)68(60)46-20-8-4-9-21-46)30-33-50(55)62-54(64-66-57-27-15-12-26-51(57)63(67-64)41-18-6-3-7-19-41)38-45(40-56(62)65)43-32-35-61-53(37-43)49-25-14-17-29-59(49)69(61)47-22-10-5-11-23-47/h3-40H,1-2H3. The second kappa shape index (κ2) is 15.1. The predicted molar refractivity (Wildman–Crippen MR) is 288 cm³/mol. The van der Waals surface area contributed by atoms with Crippen LogP contribution < -0.4 is 0 Å². The van der Waals surface area contributed by atoms with Crippen LogP contribution in [0, 0.1) is 0 Å². The van der Waals surface area contributed by atoms with Crippen molar-refractivity contribution >= 4 is 54.5 Å². The molecular formula is C65H44N4. The van der Waals surface area contributed by atoms with Crippen LogP contribution in [0.4, 0.5) is 0 Å². The fourth-order valence-electron chi connectivity index (χ4n) is 11.4. The maximum Gasteiger partial charge on any atom is 0.161 e. The maximum atomic E-state index is 5.53. The fraction of sp³-hybridized carbons (Fsp3) is 0.0462.